The SMILES string of the molecule is Fc1cc(F)c(Nc2ccncc2Br)cc1Br. The number of hydrogen-bond donors (Lipinski definition) is 1. The van der Waals surface area contributed by atoms with Gasteiger partial charge in [0.15, 0.2) is 0 Å². The van der Waals surface area contributed by atoms with Gasteiger partial charge in [-0.25, -0.2) is 8.78 Å². The van der Waals surface area contributed by atoms with Crippen molar-refractivity contribution in [2.24, 2.45) is 0 Å². The van der Waals surface area contributed by atoms with Crippen LogP contribution in [0.2, 0.25) is 0 Å². The first kappa shape index (κ1) is 12.4. The lowest BCUT2D eigenvalue weighted by molar-refractivity contribution is 0.581. The smallest absolute Gasteiger partial charge is 0.149 e. The number of anilines is 2. The highest BCUT2D eigenvalue weighted by Gasteiger charge is 2.09. The Morgan fingerprint density at radius 2 is 1.76 bits per heavy atom. The van der Waals surface area contributed by atoms with Crippen molar-refractivity contribution in [1.29, 1.82) is 0 Å². The van der Waals surface area contributed by atoms with E-state index in [9.17, 15) is 8.78 Å². The molecule has 1 N–H and O–H groups in total. The summed E-state index contributed by atoms with van der Waals surface area (Å²) in [6.07, 6.45) is 3.16. The van der Waals surface area contributed by atoms with Gasteiger partial charge >= 0.3 is 0 Å². The van der Waals surface area contributed by atoms with Crippen molar-refractivity contribution in [1.82, 2.24) is 4.98 Å². The van der Waals surface area contributed by atoms with Crippen molar-refractivity contribution in [2.45, 2.75) is 0 Å². The number of nitrogens with zero attached hydrogens (tertiary/aromatic N) is 1. The van der Waals surface area contributed by atoms with Crippen LogP contribution in [0.5, 0.6) is 0 Å². The second-order valence-corrected chi connectivity index (χ2v) is 4.94. The number of nitrogens with one attached hydrogen (secondary N) is 1. The molecule has 2 aromatic rings. The number of hydrogen-bond acceptors (Lipinski definition) is 2. The zero-order chi connectivity index (χ0) is 12.4. The first-order valence-corrected chi connectivity index (χ1v) is 6.17. The average Bonchev–Trinajstić information content (AvgIpc) is 2.29. The van der Waals surface area contributed by atoms with E-state index in [-0.39, 0.29) is 10.2 Å². The highest BCUT2D eigenvalue weighted by atomic mass is 79.9. The quantitative estimate of drug-likeness (QED) is 0.787. The molecule has 88 valence electrons. The Morgan fingerprint density at radius 3 is 2.47 bits per heavy atom. The van der Waals surface area contributed by atoms with Crippen molar-refractivity contribution >= 4 is 43.2 Å². The molecule has 0 amide bonds. The lowest BCUT2D eigenvalue weighted by Gasteiger charge is -2.09. The molecule has 0 unspecified atom stereocenters. The van der Waals surface area contributed by atoms with E-state index in [0.29, 0.717) is 10.2 Å². The van der Waals surface area contributed by atoms with Crippen LogP contribution in [0.3, 0.4) is 0 Å². The van der Waals surface area contributed by atoms with E-state index >= 15 is 0 Å². The van der Waals surface area contributed by atoms with E-state index in [1.807, 2.05) is 0 Å². The summed E-state index contributed by atoms with van der Waals surface area (Å²) in [7, 11) is 0. The summed E-state index contributed by atoms with van der Waals surface area (Å²) in [6, 6.07) is 3.85. The van der Waals surface area contributed by atoms with Gasteiger partial charge in [0.05, 0.1) is 20.3 Å². The van der Waals surface area contributed by atoms with Gasteiger partial charge in [-0.3, -0.25) is 4.98 Å². The maximum atomic E-state index is 13.5. The van der Waals surface area contributed by atoms with Gasteiger partial charge in [0.1, 0.15) is 11.6 Å². The number of aromatic nitrogens is 1. The third-order valence-corrected chi connectivity index (χ3v) is 3.29. The Hall–Kier alpha value is -1.01. The minimum atomic E-state index is -0.658. The predicted octanol–water partition coefficient (Wildman–Crippen LogP) is 4.63. The van der Waals surface area contributed by atoms with Crippen LogP contribution >= 0.6 is 31.9 Å². The largest absolute Gasteiger partial charge is 0.352 e. The molecule has 0 fully saturated rings. The Kier molecular flexibility index (Phi) is 3.73. The molecule has 0 saturated carbocycles. The van der Waals surface area contributed by atoms with Gasteiger partial charge in [-0.15, -0.1) is 0 Å². The zero-order valence-electron chi connectivity index (χ0n) is 8.35. The van der Waals surface area contributed by atoms with Gasteiger partial charge in [-0.2, -0.15) is 0 Å². The minimum absolute atomic E-state index is 0.185. The lowest BCUT2D eigenvalue weighted by atomic mass is 10.3. The van der Waals surface area contributed by atoms with Crippen LogP contribution in [0, 0.1) is 11.6 Å². The molecule has 0 atom stereocenters. The minimum Gasteiger partial charge on any atom is -0.352 e. The Balaban J connectivity index is 2.37. The van der Waals surface area contributed by atoms with Gasteiger partial charge in [0, 0.05) is 18.5 Å². The van der Waals surface area contributed by atoms with Crippen LogP contribution in [-0.2, 0) is 0 Å². The molecule has 2 nitrogen and oxygen atoms in total. The summed E-state index contributed by atoms with van der Waals surface area (Å²) >= 11 is 6.28. The average molecular weight is 364 g/mol. The lowest BCUT2D eigenvalue weighted by Crippen LogP contribution is -1.96. The monoisotopic (exact) mass is 362 g/mol. The second kappa shape index (κ2) is 5.10. The maximum absolute atomic E-state index is 13.5. The molecular formula is C11H6Br2F2N2. The molecule has 1 heterocycles. The van der Waals surface area contributed by atoms with E-state index in [4.69, 9.17) is 0 Å². The van der Waals surface area contributed by atoms with Gasteiger partial charge < -0.3 is 5.32 Å². The third-order valence-electron chi connectivity index (χ3n) is 2.05. The molecule has 1 aromatic heterocycles. The zero-order valence-corrected chi connectivity index (χ0v) is 11.5. The van der Waals surface area contributed by atoms with Crippen LogP contribution in [0.15, 0.2) is 39.5 Å². The van der Waals surface area contributed by atoms with Gasteiger partial charge in [0.2, 0.25) is 0 Å². The maximum Gasteiger partial charge on any atom is 0.149 e. The van der Waals surface area contributed by atoms with E-state index in [2.05, 4.69) is 42.2 Å². The van der Waals surface area contributed by atoms with Crippen molar-refractivity contribution in [3.63, 3.8) is 0 Å². The fraction of sp³-hybridized carbons (Fsp3) is 0. The topological polar surface area (TPSA) is 24.9 Å². The van der Waals surface area contributed by atoms with Crippen molar-refractivity contribution < 1.29 is 8.78 Å². The van der Waals surface area contributed by atoms with E-state index in [0.717, 1.165) is 6.07 Å². The summed E-state index contributed by atoms with van der Waals surface area (Å²) in [4.78, 5) is 3.89. The molecule has 17 heavy (non-hydrogen) atoms. The van der Waals surface area contributed by atoms with E-state index in [1.165, 1.54) is 6.07 Å². The molecule has 0 aliphatic carbocycles. The fourth-order valence-electron chi connectivity index (χ4n) is 1.24. The predicted molar refractivity (Wildman–Crippen MR) is 69.3 cm³/mol. The number of pyridine rings is 1. The van der Waals surface area contributed by atoms with E-state index < -0.39 is 11.6 Å². The van der Waals surface area contributed by atoms with Crippen LogP contribution in [0.4, 0.5) is 20.2 Å². The molecule has 0 aliphatic heterocycles. The van der Waals surface area contributed by atoms with Crippen LogP contribution < -0.4 is 5.32 Å². The molecule has 0 bridgehead atoms. The summed E-state index contributed by atoms with van der Waals surface area (Å²) in [5.74, 6) is -1.30. The van der Waals surface area contributed by atoms with Crippen LogP contribution in [-0.4, -0.2) is 4.98 Å². The molecule has 0 spiro atoms. The Bertz CT molecular complexity index is 561. The van der Waals surface area contributed by atoms with Crippen molar-refractivity contribution in [2.75, 3.05) is 5.32 Å². The van der Waals surface area contributed by atoms with E-state index in [1.54, 1.807) is 18.5 Å². The first-order valence-electron chi connectivity index (χ1n) is 4.59. The summed E-state index contributed by atoms with van der Waals surface area (Å²) < 4.78 is 27.4. The van der Waals surface area contributed by atoms with Crippen molar-refractivity contribution in [3.8, 4) is 0 Å². The first-order chi connectivity index (χ1) is 8.08. The molecule has 0 saturated heterocycles. The third kappa shape index (κ3) is 2.81. The number of halogens is 4. The summed E-state index contributed by atoms with van der Waals surface area (Å²) in [5, 5.41) is 2.85. The second-order valence-electron chi connectivity index (χ2n) is 3.23. The summed E-state index contributed by atoms with van der Waals surface area (Å²) in [5.41, 5.74) is 0.836. The van der Waals surface area contributed by atoms with Gasteiger partial charge in [0.25, 0.3) is 0 Å². The highest BCUT2D eigenvalue weighted by molar-refractivity contribution is 9.10. The van der Waals surface area contributed by atoms with Crippen LogP contribution in [0.1, 0.15) is 0 Å². The standard InChI is InChI=1S/C11H6Br2F2N2/c12-6-3-11(9(15)4-8(6)14)17-10-1-2-16-5-7(10)13/h1-5H,(H,16,17). The highest BCUT2D eigenvalue weighted by Crippen LogP contribution is 2.29. The van der Waals surface area contributed by atoms with Crippen LogP contribution in [0.25, 0.3) is 0 Å². The normalized spacial score (nSPS) is 10.4. The number of rotatable bonds is 2. The van der Waals surface area contributed by atoms with Gasteiger partial charge in [-0.05, 0) is 44.0 Å². The molecule has 1 aromatic carbocycles. The molecular weight excluding hydrogens is 358 g/mol. The van der Waals surface area contributed by atoms with Gasteiger partial charge in [-0.1, -0.05) is 0 Å². The molecule has 0 aliphatic rings. The summed E-state index contributed by atoms with van der Waals surface area (Å²) in [6.45, 7) is 0. The van der Waals surface area contributed by atoms with Crippen molar-refractivity contribution in [3.05, 3.63) is 51.2 Å². The molecule has 6 heteroatoms. The Labute approximate surface area is 113 Å². The molecule has 0 radical (unpaired) electrons. The fourth-order valence-corrected chi connectivity index (χ4v) is 1.93. The Morgan fingerprint density at radius 1 is 1.00 bits per heavy atom. The molecule has 2 rings (SSSR count). The number of benzene rings is 1.